The van der Waals surface area contributed by atoms with Gasteiger partial charge in [0, 0.05) is 32.9 Å². The molecule has 2 aromatic rings. The second-order valence-corrected chi connectivity index (χ2v) is 7.21. The zero-order valence-corrected chi connectivity index (χ0v) is 17.7. The summed E-state index contributed by atoms with van der Waals surface area (Å²) < 4.78 is 5.16. The topological polar surface area (TPSA) is 73.9 Å². The van der Waals surface area contributed by atoms with E-state index in [-0.39, 0.29) is 12.6 Å². The van der Waals surface area contributed by atoms with Crippen LogP contribution in [0.3, 0.4) is 0 Å². The van der Waals surface area contributed by atoms with Gasteiger partial charge in [-0.15, -0.1) is 0 Å². The van der Waals surface area contributed by atoms with Crippen molar-refractivity contribution in [1.82, 2.24) is 15.5 Å². The Bertz CT molecular complexity index is 819. The van der Waals surface area contributed by atoms with Crippen molar-refractivity contribution >= 4 is 17.5 Å². The van der Waals surface area contributed by atoms with Gasteiger partial charge in [0.15, 0.2) is 0 Å². The summed E-state index contributed by atoms with van der Waals surface area (Å²) in [6.07, 6.45) is 0. The Morgan fingerprint density at radius 2 is 1.62 bits per heavy atom. The van der Waals surface area contributed by atoms with Crippen LogP contribution in [0.5, 0.6) is 5.75 Å². The van der Waals surface area contributed by atoms with Gasteiger partial charge in [-0.2, -0.15) is 0 Å². The molecule has 0 radical (unpaired) electrons. The molecule has 1 unspecified atom stereocenters. The summed E-state index contributed by atoms with van der Waals surface area (Å²) in [5.74, 6) is -0.603. The average Bonchev–Trinajstić information content (AvgIpc) is 2.72. The summed E-state index contributed by atoms with van der Waals surface area (Å²) >= 11 is 0. The second-order valence-electron chi connectivity index (χ2n) is 7.21. The van der Waals surface area contributed by atoms with Crippen LogP contribution < -0.4 is 20.3 Å². The summed E-state index contributed by atoms with van der Waals surface area (Å²) in [6, 6.07) is 15.4. The third kappa shape index (κ3) is 6.50. The van der Waals surface area contributed by atoms with E-state index in [2.05, 4.69) is 10.6 Å². The number of hydrogen-bond acceptors (Lipinski definition) is 5. The van der Waals surface area contributed by atoms with Gasteiger partial charge < -0.3 is 25.2 Å². The van der Waals surface area contributed by atoms with Gasteiger partial charge in [0.1, 0.15) is 5.75 Å². The molecule has 156 valence electrons. The normalized spacial score (nSPS) is 11.7. The highest BCUT2D eigenvalue weighted by atomic mass is 16.5. The minimum Gasteiger partial charge on any atom is -0.497 e. The van der Waals surface area contributed by atoms with Crippen LogP contribution in [0.4, 0.5) is 5.69 Å². The van der Waals surface area contributed by atoms with Gasteiger partial charge in [-0.25, -0.2) is 0 Å². The third-order valence-corrected chi connectivity index (χ3v) is 4.67. The molecule has 7 heteroatoms. The Hall–Kier alpha value is -3.06. The number of benzene rings is 2. The van der Waals surface area contributed by atoms with E-state index in [1.165, 1.54) is 0 Å². The third-order valence-electron chi connectivity index (χ3n) is 4.67. The summed E-state index contributed by atoms with van der Waals surface area (Å²) in [6.45, 7) is 0.590. The van der Waals surface area contributed by atoms with Crippen LogP contribution in [0.25, 0.3) is 0 Å². The molecule has 0 aromatic heterocycles. The number of ether oxygens (including phenoxy) is 1. The zero-order valence-electron chi connectivity index (χ0n) is 17.7. The Morgan fingerprint density at radius 3 is 2.21 bits per heavy atom. The van der Waals surface area contributed by atoms with E-state index < -0.39 is 11.8 Å². The fourth-order valence-corrected chi connectivity index (χ4v) is 2.91. The fraction of sp³-hybridized carbons (Fsp3) is 0.364. The predicted molar refractivity (Wildman–Crippen MR) is 115 cm³/mol. The van der Waals surface area contributed by atoms with Crippen LogP contribution in [-0.2, 0) is 16.1 Å². The van der Waals surface area contributed by atoms with Crippen molar-refractivity contribution in [2.24, 2.45) is 0 Å². The largest absolute Gasteiger partial charge is 0.497 e. The van der Waals surface area contributed by atoms with E-state index in [1.54, 1.807) is 7.11 Å². The standard InChI is InChI=1S/C22H30N4O3/c1-25(2)18-11-9-17(10-12-18)20(26(3)4)15-24-22(28)21(27)23-14-16-7-6-8-19(13-16)29-5/h6-13,20H,14-15H2,1-5H3,(H,23,27)(H,24,28). The highest BCUT2D eigenvalue weighted by molar-refractivity contribution is 6.35. The minimum atomic E-state index is -0.659. The van der Waals surface area contributed by atoms with Gasteiger partial charge in [-0.1, -0.05) is 24.3 Å². The molecule has 0 bridgehead atoms. The first kappa shape index (κ1) is 22.2. The van der Waals surface area contributed by atoms with E-state index in [0.717, 1.165) is 16.8 Å². The average molecular weight is 399 g/mol. The van der Waals surface area contributed by atoms with Gasteiger partial charge >= 0.3 is 11.8 Å². The highest BCUT2D eigenvalue weighted by Crippen LogP contribution is 2.21. The lowest BCUT2D eigenvalue weighted by Gasteiger charge is -2.25. The Labute approximate surface area is 172 Å². The number of rotatable bonds is 8. The SMILES string of the molecule is COc1cccc(CNC(=O)C(=O)NCC(c2ccc(N(C)C)cc2)N(C)C)c1. The molecule has 7 nitrogen and oxygen atoms in total. The van der Waals surface area contributed by atoms with E-state index in [0.29, 0.717) is 12.3 Å². The van der Waals surface area contributed by atoms with Crippen molar-refractivity contribution in [3.05, 3.63) is 59.7 Å². The Balaban J connectivity index is 1.91. The lowest BCUT2D eigenvalue weighted by molar-refractivity contribution is -0.139. The Kier molecular flexibility index (Phi) is 8.03. The van der Waals surface area contributed by atoms with Gasteiger partial charge in [0.25, 0.3) is 0 Å². The summed E-state index contributed by atoms with van der Waals surface area (Å²) in [5.41, 5.74) is 3.03. The number of carbonyl (C=O) groups excluding carboxylic acids is 2. The molecule has 0 heterocycles. The van der Waals surface area contributed by atoms with E-state index in [1.807, 2.05) is 86.5 Å². The number of amides is 2. The summed E-state index contributed by atoms with van der Waals surface area (Å²) in [5, 5.41) is 5.37. The number of likely N-dealkylation sites (N-methyl/N-ethyl adjacent to an activating group) is 1. The first-order chi connectivity index (χ1) is 13.8. The quantitative estimate of drug-likeness (QED) is 0.664. The number of carbonyl (C=O) groups is 2. The first-order valence-corrected chi connectivity index (χ1v) is 9.44. The van der Waals surface area contributed by atoms with Crippen LogP contribution in [0, 0.1) is 0 Å². The second kappa shape index (κ2) is 10.5. The van der Waals surface area contributed by atoms with Crippen molar-refractivity contribution in [3.8, 4) is 5.75 Å². The molecule has 0 spiro atoms. The number of nitrogens with zero attached hydrogens (tertiary/aromatic N) is 2. The molecule has 2 rings (SSSR count). The summed E-state index contributed by atoms with van der Waals surface area (Å²) in [7, 11) is 9.45. The monoisotopic (exact) mass is 398 g/mol. The molecular formula is C22H30N4O3. The lowest BCUT2D eigenvalue weighted by Crippen LogP contribution is -2.42. The molecule has 2 amide bonds. The summed E-state index contributed by atoms with van der Waals surface area (Å²) in [4.78, 5) is 28.4. The Morgan fingerprint density at radius 1 is 0.966 bits per heavy atom. The van der Waals surface area contributed by atoms with Crippen LogP contribution in [0.15, 0.2) is 48.5 Å². The first-order valence-electron chi connectivity index (χ1n) is 9.44. The molecule has 0 saturated carbocycles. The molecular weight excluding hydrogens is 368 g/mol. The highest BCUT2D eigenvalue weighted by Gasteiger charge is 2.19. The molecule has 0 aliphatic rings. The molecule has 0 fully saturated rings. The molecule has 0 aliphatic carbocycles. The van der Waals surface area contributed by atoms with Gasteiger partial charge in [0.05, 0.1) is 13.2 Å². The maximum absolute atomic E-state index is 12.2. The minimum absolute atomic E-state index is 0.0404. The number of hydrogen-bond donors (Lipinski definition) is 2. The number of anilines is 1. The maximum Gasteiger partial charge on any atom is 0.309 e. The van der Waals surface area contributed by atoms with Crippen molar-refractivity contribution in [2.75, 3.05) is 46.7 Å². The van der Waals surface area contributed by atoms with Crippen LogP contribution in [-0.4, -0.2) is 58.6 Å². The smallest absolute Gasteiger partial charge is 0.309 e. The molecule has 0 aliphatic heterocycles. The van der Waals surface area contributed by atoms with Crippen molar-refractivity contribution in [1.29, 1.82) is 0 Å². The van der Waals surface area contributed by atoms with E-state index in [4.69, 9.17) is 4.74 Å². The molecule has 1 atom stereocenters. The van der Waals surface area contributed by atoms with Gasteiger partial charge in [-0.3, -0.25) is 9.59 Å². The maximum atomic E-state index is 12.2. The van der Waals surface area contributed by atoms with Crippen molar-refractivity contribution in [2.45, 2.75) is 12.6 Å². The lowest BCUT2D eigenvalue weighted by atomic mass is 10.1. The molecule has 29 heavy (non-hydrogen) atoms. The van der Waals surface area contributed by atoms with Crippen molar-refractivity contribution < 1.29 is 14.3 Å². The van der Waals surface area contributed by atoms with Crippen molar-refractivity contribution in [3.63, 3.8) is 0 Å². The molecule has 2 aromatic carbocycles. The molecule has 0 saturated heterocycles. The molecule has 2 N–H and O–H groups in total. The van der Waals surface area contributed by atoms with Crippen LogP contribution in [0.1, 0.15) is 17.2 Å². The van der Waals surface area contributed by atoms with Crippen LogP contribution in [0.2, 0.25) is 0 Å². The van der Waals surface area contributed by atoms with E-state index in [9.17, 15) is 9.59 Å². The predicted octanol–water partition coefficient (Wildman–Crippen LogP) is 1.80. The zero-order chi connectivity index (χ0) is 21.4. The number of methoxy groups -OCH3 is 1. The number of nitrogens with one attached hydrogen (secondary N) is 2. The fourth-order valence-electron chi connectivity index (χ4n) is 2.91. The van der Waals surface area contributed by atoms with Crippen LogP contribution >= 0.6 is 0 Å². The van der Waals surface area contributed by atoms with Gasteiger partial charge in [0.2, 0.25) is 0 Å². The van der Waals surface area contributed by atoms with Gasteiger partial charge in [-0.05, 0) is 49.5 Å². The van der Waals surface area contributed by atoms with E-state index >= 15 is 0 Å².